The Balaban J connectivity index is 1.56. The average molecular weight is 399 g/mol. The normalized spacial score (nSPS) is 19.4. The fourth-order valence-corrected chi connectivity index (χ4v) is 4.12. The van der Waals surface area contributed by atoms with Gasteiger partial charge in [0, 0.05) is 30.1 Å². The molecule has 3 rings (SSSR count). The van der Waals surface area contributed by atoms with Crippen LogP contribution in [0.3, 0.4) is 0 Å². The van der Waals surface area contributed by atoms with Gasteiger partial charge in [0.15, 0.2) is 5.96 Å². The van der Waals surface area contributed by atoms with Gasteiger partial charge >= 0.3 is 0 Å². The molecule has 0 bridgehead atoms. The number of hydrogen-bond acceptors (Lipinski definition) is 4. The van der Waals surface area contributed by atoms with Crippen LogP contribution in [0.25, 0.3) is 0 Å². The fourth-order valence-electron chi connectivity index (χ4n) is 3.33. The first kappa shape index (κ1) is 20.5. The summed E-state index contributed by atoms with van der Waals surface area (Å²) in [6.45, 7) is 4.06. The van der Waals surface area contributed by atoms with Crippen molar-refractivity contribution < 1.29 is 4.74 Å². The Morgan fingerprint density at radius 3 is 2.82 bits per heavy atom. The summed E-state index contributed by atoms with van der Waals surface area (Å²) in [6.07, 6.45) is 7.68. The number of ether oxygens (including phenoxy) is 1. The van der Waals surface area contributed by atoms with Gasteiger partial charge in [0.25, 0.3) is 0 Å². The largest absolute Gasteiger partial charge is 0.473 e. The third-order valence-corrected chi connectivity index (χ3v) is 5.95. The van der Waals surface area contributed by atoms with Crippen LogP contribution < -0.4 is 15.4 Å². The van der Waals surface area contributed by atoms with E-state index < -0.39 is 0 Å². The lowest BCUT2D eigenvalue weighted by Gasteiger charge is -2.17. The van der Waals surface area contributed by atoms with Crippen LogP contribution in [0.5, 0.6) is 5.88 Å². The molecule has 0 aliphatic heterocycles. The molecule has 0 spiro atoms. The van der Waals surface area contributed by atoms with Crippen LogP contribution in [0, 0.1) is 0 Å². The summed E-state index contributed by atoms with van der Waals surface area (Å²) in [5.74, 6) is 1.52. The number of nitrogens with zero attached hydrogens (tertiary/aromatic N) is 2. The van der Waals surface area contributed by atoms with Crippen LogP contribution >= 0.6 is 11.8 Å². The first-order valence-electron chi connectivity index (χ1n) is 9.96. The van der Waals surface area contributed by atoms with Crippen molar-refractivity contribution in [3.8, 4) is 5.88 Å². The molecule has 1 aliphatic rings. The minimum absolute atomic E-state index is 0.512. The number of rotatable bonds is 8. The van der Waals surface area contributed by atoms with Crippen LogP contribution in [0.1, 0.15) is 37.3 Å². The van der Waals surface area contributed by atoms with Crippen LogP contribution in [0.15, 0.2) is 53.7 Å². The summed E-state index contributed by atoms with van der Waals surface area (Å²) < 4.78 is 5.83. The molecule has 28 heavy (non-hydrogen) atoms. The smallest absolute Gasteiger partial charge is 0.213 e. The zero-order valence-corrected chi connectivity index (χ0v) is 17.5. The molecule has 0 saturated heterocycles. The second-order valence-electron chi connectivity index (χ2n) is 6.98. The Morgan fingerprint density at radius 2 is 2.07 bits per heavy atom. The summed E-state index contributed by atoms with van der Waals surface area (Å²) in [7, 11) is 0. The van der Waals surface area contributed by atoms with Gasteiger partial charge in [0.2, 0.25) is 5.88 Å². The molecule has 1 saturated carbocycles. The van der Waals surface area contributed by atoms with Crippen molar-refractivity contribution >= 4 is 17.7 Å². The van der Waals surface area contributed by atoms with Gasteiger partial charge in [-0.05, 0) is 49.6 Å². The highest BCUT2D eigenvalue weighted by Gasteiger charge is 2.24. The number of thioether (sulfide) groups is 1. The standard InChI is InChI=1S/C22H30N4OS/c1-3-23-22(26-19-9-10-20(14-19)28-2)25-15-18-11-12-24-21(13-18)27-16-17-7-5-4-6-8-17/h4-8,11-13,19-20H,3,9-10,14-16H2,1-2H3,(H2,23,25,26). The monoisotopic (exact) mass is 398 g/mol. The third-order valence-electron chi connectivity index (χ3n) is 4.85. The Kier molecular flexibility index (Phi) is 8.03. The highest BCUT2D eigenvalue weighted by atomic mass is 32.2. The average Bonchev–Trinajstić information content (AvgIpc) is 3.19. The summed E-state index contributed by atoms with van der Waals surface area (Å²) in [5.41, 5.74) is 2.22. The van der Waals surface area contributed by atoms with E-state index in [0.717, 1.165) is 28.9 Å². The van der Waals surface area contributed by atoms with E-state index in [-0.39, 0.29) is 0 Å². The van der Waals surface area contributed by atoms with E-state index >= 15 is 0 Å². The molecule has 1 fully saturated rings. The second kappa shape index (κ2) is 11.0. The third kappa shape index (κ3) is 6.44. The van der Waals surface area contributed by atoms with Crippen molar-refractivity contribution in [2.75, 3.05) is 12.8 Å². The van der Waals surface area contributed by atoms with Gasteiger partial charge in [-0.2, -0.15) is 11.8 Å². The van der Waals surface area contributed by atoms with Crippen LogP contribution in [-0.2, 0) is 13.2 Å². The molecule has 0 amide bonds. The summed E-state index contributed by atoms with van der Waals surface area (Å²) in [6, 6.07) is 14.6. The molecule has 5 nitrogen and oxygen atoms in total. The Bertz CT molecular complexity index is 753. The van der Waals surface area contributed by atoms with E-state index in [0.29, 0.717) is 25.1 Å². The Morgan fingerprint density at radius 1 is 1.21 bits per heavy atom. The van der Waals surface area contributed by atoms with Crippen molar-refractivity contribution in [2.24, 2.45) is 4.99 Å². The van der Waals surface area contributed by atoms with E-state index in [2.05, 4.69) is 28.8 Å². The van der Waals surface area contributed by atoms with Gasteiger partial charge < -0.3 is 15.4 Å². The molecule has 2 N–H and O–H groups in total. The molecule has 150 valence electrons. The zero-order valence-electron chi connectivity index (χ0n) is 16.7. The lowest BCUT2D eigenvalue weighted by Crippen LogP contribution is -2.42. The molecule has 1 heterocycles. The molecule has 0 radical (unpaired) electrons. The molecule has 1 aromatic heterocycles. The van der Waals surface area contributed by atoms with E-state index in [9.17, 15) is 0 Å². The van der Waals surface area contributed by atoms with Crippen molar-refractivity contribution in [1.82, 2.24) is 15.6 Å². The summed E-state index contributed by atoms with van der Waals surface area (Å²) in [4.78, 5) is 9.08. The molecule has 1 aromatic carbocycles. The molecule has 1 aliphatic carbocycles. The Hall–Kier alpha value is -2.21. The van der Waals surface area contributed by atoms with Crippen molar-refractivity contribution in [3.05, 3.63) is 59.8 Å². The number of aromatic nitrogens is 1. The minimum Gasteiger partial charge on any atom is -0.473 e. The van der Waals surface area contributed by atoms with Crippen molar-refractivity contribution in [2.45, 2.75) is 50.6 Å². The lowest BCUT2D eigenvalue weighted by molar-refractivity contribution is 0.293. The van der Waals surface area contributed by atoms with Gasteiger partial charge in [-0.15, -0.1) is 0 Å². The first-order chi connectivity index (χ1) is 13.8. The highest BCUT2D eigenvalue weighted by molar-refractivity contribution is 7.99. The predicted octanol–water partition coefficient (Wildman–Crippen LogP) is 4.00. The maximum Gasteiger partial charge on any atom is 0.213 e. The summed E-state index contributed by atoms with van der Waals surface area (Å²) >= 11 is 1.97. The van der Waals surface area contributed by atoms with Gasteiger partial charge in [0.05, 0.1) is 6.54 Å². The predicted molar refractivity (Wildman–Crippen MR) is 118 cm³/mol. The van der Waals surface area contributed by atoms with Crippen LogP contribution in [-0.4, -0.2) is 35.0 Å². The topological polar surface area (TPSA) is 58.5 Å². The van der Waals surface area contributed by atoms with E-state index in [1.54, 1.807) is 6.20 Å². The van der Waals surface area contributed by atoms with Crippen molar-refractivity contribution in [1.29, 1.82) is 0 Å². The van der Waals surface area contributed by atoms with Gasteiger partial charge in [0.1, 0.15) is 6.61 Å². The number of nitrogens with one attached hydrogen (secondary N) is 2. The first-order valence-corrected chi connectivity index (χ1v) is 11.2. The quantitative estimate of drug-likeness (QED) is 0.520. The lowest BCUT2D eigenvalue weighted by atomic mass is 10.2. The minimum atomic E-state index is 0.512. The van der Waals surface area contributed by atoms with Crippen LogP contribution in [0.4, 0.5) is 0 Å². The second-order valence-corrected chi connectivity index (χ2v) is 8.12. The van der Waals surface area contributed by atoms with Gasteiger partial charge in [-0.25, -0.2) is 9.98 Å². The van der Waals surface area contributed by atoms with Crippen molar-refractivity contribution in [3.63, 3.8) is 0 Å². The number of pyridine rings is 1. The molecular weight excluding hydrogens is 368 g/mol. The van der Waals surface area contributed by atoms with E-state index in [1.807, 2.05) is 54.2 Å². The van der Waals surface area contributed by atoms with Gasteiger partial charge in [-0.3, -0.25) is 0 Å². The van der Waals surface area contributed by atoms with E-state index in [4.69, 9.17) is 9.73 Å². The SMILES string of the molecule is CCNC(=NCc1ccnc(OCc2ccccc2)c1)NC1CCC(SC)C1. The number of guanidine groups is 1. The van der Waals surface area contributed by atoms with E-state index in [1.165, 1.54) is 19.3 Å². The highest BCUT2D eigenvalue weighted by Crippen LogP contribution is 2.28. The number of hydrogen-bond donors (Lipinski definition) is 2. The maximum atomic E-state index is 5.83. The maximum absolute atomic E-state index is 5.83. The summed E-state index contributed by atoms with van der Waals surface area (Å²) in [5, 5.41) is 7.72. The zero-order chi connectivity index (χ0) is 19.6. The molecule has 2 aromatic rings. The fraction of sp³-hybridized carbons (Fsp3) is 0.455. The van der Waals surface area contributed by atoms with Crippen LogP contribution in [0.2, 0.25) is 0 Å². The number of aliphatic imine (C=N–C) groups is 1. The number of benzene rings is 1. The van der Waals surface area contributed by atoms with Gasteiger partial charge in [-0.1, -0.05) is 30.3 Å². The molecule has 6 heteroatoms. The molecular formula is C22H30N4OS. The Labute approximate surface area is 172 Å². The molecule has 2 unspecified atom stereocenters. The molecule has 2 atom stereocenters.